The molecule has 0 radical (unpaired) electrons. The van der Waals surface area contributed by atoms with E-state index in [9.17, 15) is 4.79 Å². The summed E-state index contributed by atoms with van der Waals surface area (Å²) in [7, 11) is 0. The van der Waals surface area contributed by atoms with Gasteiger partial charge in [0.25, 0.3) is 0 Å². The Balaban J connectivity index is 1.62. The summed E-state index contributed by atoms with van der Waals surface area (Å²) in [6.45, 7) is 5.61. The summed E-state index contributed by atoms with van der Waals surface area (Å²) in [4.78, 5) is 17.1. The van der Waals surface area contributed by atoms with Crippen molar-refractivity contribution < 1.29 is 9.53 Å². The van der Waals surface area contributed by atoms with E-state index in [0.717, 1.165) is 50.5 Å². The van der Waals surface area contributed by atoms with Crippen molar-refractivity contribution in [3.8, 4) is 0 Å². The first-order chi connectivity index (χ1) is 13.2. The summed E-state index contributed by atoms with van der Waals surface area (Å²) < 4.78 is 5.39. The second-order valence-corrected chi connectivity index (χ2v) is 7.02. The van der Waals surface area contributed by atoms with Crippen LogP contribution in [0.15, 0.2) is 54.6 Å². The molecule has 0 bridgehead atoms. The fourth-order valence-electron chi connectivity index (χ4n) is 3.12. The maximum absolute atomic E-state index is 12.8. The number of halogens is 1. The third-order valence-electron chi connectivity index (χ3n) is 4.64. The van der Waals surface area contributed by atoms with E-state index in [-0.39, 0.29) is 6.03 Å². The molecule has 0 aromatic heterocycles. The Morgan fingerprint density at radius 3 is 2.52 bits per heavy atom. The van der Waals surface area contributed by atoms with Crippen molar-refractivity contribution in [2.24, 2.45) is 0 Å². The molecule has 2 aromatic rings. The minimum atomic E-state index is -0.108. The van der Waals surface area contributed by atoms with Gasteiger partial charge in [-0.25, -0.2) is 4.79 Å². The lowest BCUT2D eigenvalue weighted by molar-refractivity contribution is 0.0365. The van der Waals surface area contributed by atoms with E-state index in [1.807, 2.05) is 59.5 Å². The van der Waals surface area contributed by atoms with E-state index in [2.05, 4.69) is 10.2 Å². The molecule has 2 amide bonds. The van der Waals surface area contributed by atoms with Crippen molar-refractivity contribution >= 4 is 23.3 Å². The number of hydrogen-bond donors (Lipinski definition) is 1. The number of carbonyl (C=O) groups excluding carboxylic acids is 1. The molecule has 5 nitrogen and oxygen atoms in total. The van der Waals surface area contributed by atoms with Crippen LogP contribution in [0.5, 0.6) is 0 Å². The molecule has 2 aromatic carbocycles. The molecule has 6 heteroatoms. The number of para-hydroxylation sites is 1. The SMILES string of the molecule is O=C(Nc1ccccc1)N(CCCN1CCOCC1)Cc1ccccc1Cl. The molecule has 27 heavy (non-hydrogen) atoms. The Morgan fingerprint density at radius 2 is 1.78 bits per heavy atom. The van der Waals surface area contributed by atoms with Gasteiger partial charge in [-0.2, -0.15) is 0 Å². The number of benzene rings is 2. The normalized spacial score (nSPS) is 14.7. The van der Waals surface area contributed by atoms with Crippen molar-refractivity contribution in [2.75, 3.05) is 44.7 Å². The summed E-state index contributed by atoms with van der Waals surface area (Å²) >= 11 is 6.31. The number of amides is 2. The van der Waals surface area contributed by atoms with Crippen LogP contribution >= 0.6 is 11.6 Å². The predicted molar refractivity (Wildman–Crippen MR) is 109 cm³/mol. The Kier molecular flexibility index (Phi) is 7.51. The second kappa shape index (κ2) is 10.3. The van der Waals surface area contributed by atoms with Crippen LogP contribution in [0.2, 0.25) is 5.02 Å². The highest BCUT2D eigenvalue weighted by atomic mass is 35.5. The van der Waals surface area contributed by atoms with Gasteiger partial charge in [-0.05, 0) is 30.2 Å². The van der Waals surface area contributed by atoms with E-state index in [1.165, 1.54) is 0 Å². The number of morpholine rings is 1. The Labute approximate surface area is 165 Å². The standard InChI is InChI=1S/C21H26ClN3O2/c22-20-10-5-4-7-18(20)17-25(12-6-11-24-13-15-27-16-14-24)21(26)23-19-8-2-1-3-9-19/h1-5,7-10H,6,11-17H2,(H,23,26). The Bertz CT molecular complexity index is 720. The largest absolute Gasteiger partial charge is 0.379 e. The van der Waals surface area contributed by atoms with Gasteiger partial charge in [0.05, 0.1) is 13.2 Å². The van der Waals surface area contributed by atoms with Gasteiger partial charge in [-0.3, -0.25) is 4.90 Å². The molecule has 1 fully saturated rings. The lowest BCUT2D eigenvalue weighted by atomic mass is 10.2. The lowest BCUT2D eigenvalue weighted by Crippen LogP contribution is -2.40. The molecule has 0 atom stereocenters. The van der Waals surface area contributed by atoms with Crippen LogP contribution < -0.4 is 5.32 Å². The Hall–Kier alpha value is -2.08. The van der Waals surface area contributed by atoms with Crippen molar-refractivity contribution in [3.63, 3.8) is 0 Å². The summed E-state index contributed by atoms with van der Waals surface area (Å²) in [5, 5.41) is 3.66. The quantitative estimate of drug-likeness (QED) is 0.778. The van der Waals surface area contributed by atoms with E-state index < -0.39 is 0 Å². The number of ether oxygens (including phenoxy) is 1. The van der Waals surface area contributed by atoms with Crippen LogP contribution in [0.3, 0.4) is 0 Å². The number of carbonyl (C=O) groups is 1. The van der Waals surface area contributed by atoms with Gasteiger partial charge in [0.1, 0.15) is 0 Å². The molecule has 3 rings (SSSR count). The topological polar surface area (TPSA) is 44.8 Å². The van der Waals surface area contributed by atoms with Crippen LogP contribution in [-0.4, -0.2) is 55.2 Å². The van der Waals surface area contributed by atoms with Crippen LogP contribution in [0, 0.1) is 0 Å². The summed E-state index contributed by atoms with van der Waals surface area (Å²) in [5.74, 6) is 0. The number of rotatable bonds is 7. The minimum absolute atomic E-state index is 0.108. The van der Waals surface area contributed by atoms with Gasteiger partial charge >= 0.3 is 6.03 Å². The van der Waals surface area contributed by atoms with Crippen molar-refractivity contribution in [1.29, 1.82) is 0 Å². The van der Waals surface area contributed by atoms with Gasteiger partial charge in [0, 0.05) is 43.4 Å². The highest BCUT2D eigenvalue weighted by Crippen LogP contribution is 2.18. The zero-order chi connectivity index (χ0) is 18.9. The summed E-state index contributed by atoms with van der Waals surface area (Å²) in [5.41, 5.74) is 1.74. The van der Waals surface area contributed by atoms with Gasteiger partial charge in [-0.1, -0.05) is 48.0 Å². The first-order valence-electron chi connectivity index (χ1n) is 9.37. The zero-order valence-corrected chi connectivity index (χ0v) is 16.2. The van der Waals surface area contributed by atoms with Crippen LogP contribution in [0.4, 0.5) is 10.5 Å². The average Bonchev–Trinajstić information content (AvgIpc) is 2.70. The first-order valence-corrected chi connectivity index (χ1v) is 9.74. The zero-order valence-electron chi connectivity index (χ0n) is 15.4. The predicted octanol–water partition coefficient (Wildman–Crippen LogP) is 4.10. The van der Waals surface area contributed by atoms with E-state index in [0.29, 0.717) is 18.1 Å². The first kappa shape index (κ1) is 19.7. The van der Waals surface area contributed by atoms with Crippen molar-refractivity contribution in [1.82, 2.24) is 9.80 Å². The van der Waals surface area contributed by atoms with Gasteiger partial charge in [0.2, 0.25) is 0 Å². The molecule has 0 unspecified atom stereocenters. The van der Waals surface area contributed by atoms with Gasteiger partial charge in [-0.15, -0.1) is 0 Å². The third kappa shape index (κ3) is 6.24. The van der Waals surface area contributed by atoms with Gasteiger partial charge in [0.15, 0.2) is 0 Å². The number of hydrogen-bond acceptors (Lipinski definition) is 3. The number of nitrogens with one attached hydrogen (secondary N) is 1. The molecule has 0 aliphatic carbocycles. The lowest BCUT2D eigenvalue weighted by Gasteiger charge is -2.28. The maximum atomic E-state index is 12.8. The smallest absolute Gasteiger partial charge is 0.322 e. The highest BCUT2D eigenvalue weighted by molar-refractivity contribution is 6.31. The van der Waals surface area contributed by atoms with Gasteiger partial charge < -0.3 is 15.0 Å². The number of anilines is 1. The van der Waals surface area contributed by atoms with E-state index in [4.69, 9.17) is 16.3 Å². The Morgan fingerprint density at radius 1 is 1.07 bits per heavy atom. The second-order valence-electron chi connectivity index (χ2n) is 6.62. The van der Waals surface area contributed by atoms with Crippen LogP contribution in [-0.2, 0) is 11.3 Å². The van der Waals surface area contributed by atoms with E-state index >= 15 is 0 Å². The highest BCUT2D eigenvalue weighted by Gasteiger charge is 2.17. The molecule has 144 valence electrons. The van der Waals surface area contributed by atoms with Crippen LogP contribution in [0.1, 0.15) is 12.0 Å². The molecule has 1 aliphatic heterocycles. The number of nitrogens with zero attached hydrogens (tertiary/aromatic N) is 2. The molecular weight excluding hydrogens is 362 g/mol. The minimum Gasteiger partial charge on any atom is -0.379 e. The third-order valence-corrected chi connectivity index (χ3v) is 5.01. The summed E-state index contributed by atoms with van der Waals surface area (Å²) in [6.07, 6.45) is 0.909. The average molecular weight is 388 g/mol. The monoisotopic (exact) mass is 387 g/mol. The maximum Gasteiger partial charge on any atom is 0.322 e. The fraction of sp³-hybridized carbons (Fsp3) is 0.381. The molecule has 1 heterocycles. The number of urea groups is 1. The van der Waals surface area contributed by atoms with E-state index in [1.54, 1.807) is 0 Å². The van der Waals surface area contributed by atoms with Crippen LogP contribution in [0.25, 0.3) is 0 Å². The summed E-state index contributed by atoms with van der Waals surface area (Å²) in [6, 6.07) is 17.1. The molecule has 1 aliphatic rings. The molecule has 1 N–H and O–H groups in total. The van der Waals surface area contributed by atoms with Crippen molar-refractivity contribution in [3.05, 3.63) is 65.2 Å². The fourth-order valence-corrected chi connectivity index (χ4v) is 3.31. The van der Waals surface area contributed by atoms with Crippen molar-refractivity contribution in [2.45, 2.75) is 13.0 Å². The molecule has 0 spiro atoms. The molecule has 0 saturated carbocycles. The molecule has 1 saturated heterocycles. The molecular formula is C21H26ClN3O2.